The first-order valence-electron chi connectivity index (χ1n) is 13.7. The normalized spacial score (nSPS) is 32.2. The van der Waals surface area contributed by atoms with Crippen LogP contribution in [0.15, 0.2) is 12.4 Å². The molecule has 1 aromatic heterocycles. The first-order valence-corrected chi connectivity index (χ1v) is 13.7. The van der Waals surface area contributed by atoms with Crippen LogP contribution in [0.1, 0.15) is 90.5 Å². The van der Waals surface area contributed by atoms with Gasteiger partial charge < -0.3 is 14.5 Å². The number of fused-ring (bicyclic) bond motifs is 2. The Morgan fingerprint density at radius 2 is 1.36 bits per heavy atom. The van der Waals surface area contributed by atoms with Crippen LogP contribution < -0.4 is 4.90 Å². The Kier molecular flexibility index (Phi) is 7.24. The first-order chi connectivity index (χ1) is 16.0. The SMILES string of the molecule is CC(C)O[C@H]1CC[C@H](N2CCC(c3cnc(N4C5CCC4CN(C(C)C)C5)nc3)CC2)CC1. The highest BCUT2D eigenvalue weighted by Crippen LogP contribution is 2.35. The number of hydrogen-bond donors (Lipinski definition) is 0. The monoisotopic (exact) mass is 455 g/mol. The first kappa shape index (κ1) is 23.5. The standard InChI is InChI=1S/C27H45N5O/c1-19(2)31-17-24-5-6-25(18-31)32(24)27-28-15-22(16-29-27)21-11-13-30(14-12-21)23-7-9-26(10-8-23)33-20(3)4/h15-16,19-21,23-26H,5-14,17-18H2,1-4H3/t23-,24?,25?,26-. The molecular weight excluding hydrogens is 410 g/mol. The molecule has 2 bridgehead atoms. The molecule has 0 amide bonds. The van der Waals surface area contributed by atoms with E-state index in [0.29, 0.717) is 36.3 Å². The fourth-order valence-electron chi connectivity index (χ4n) is 6.89. The van der Waals surface area contributed by atoms with Crippen LogP contribution in [0.3, 0.4) is 0 Å². The maximum Gasteiger partial charge on any atom is 0.225 e. The van der Waals surface area contributed by atoms with Crippen molar-refractivity contribution in [3.8, 4) is 0 Å². The minimum Gasteiger partial charge on any atom is -0.376 e. The third kappa shape index (κ3) is 5.23. The number of anilines is 1. The number of likely N-dealkylation sites (tertiary alicyclic amines) is 2. The van der Waals surface area contributed by atoms with Gasteiger partial charge in [-0.3, -0.25) is 4.90 Å². The zero-order valence-electron chi connectivity index (χ0n) is 21.3. The summed E-state index contributed by atoms with van der Waals surface area (Å²) in [7, 11) is 0. The van der Waals surface area contributed by atoms with Crippen molar-refractivity contribution in [1.29, 1.82) is 0 Å². The van der Waals surface area contributed by atoms with E-state index >= 15 is 0 Å². The lowest BCUT2D eigenvalue weighted by Gasteiger charge is -2.43. The van der Waals surface area contributed by atoms with E-state index in [4.69, 9.17) is 14.7 Å². The van der Waals surface area contributed by atoms with Gasteiger partial charge in [0.15, 0.2) is 0 Å². The summed E-state index contributed by atoms with van der Waals surface area (Å²) in [5.74, 6) is 1.58. The van der Waals surface area contributed by atoms with Gasteiger partial charge in [-0.15, -0.1) is 0 Å². The Morgan fingerprint density at radius 1 is 0.788 bits per heavy atom. The molecule has 1 aromatic rings. The van der Waals surface area contributed by atoms with E-state index in [2.05, 4.69) is 54.8 Å². The Labute approximate surface area is 201 Å². The van der Waals surface area contributed by atoms with E-state index in [0.717, 1.165) is 25.1 Å². The Balaban J connectivity index is 1.12. The molecule has 6 nitrogen and oxygen atoms in total. The quantitative estimate of drug-likeness (QED) is 0.631. The van der Waals surface area contributed by atoms with Crippen molar-refractivity contribution in [2.75, 3.05) is 31.1 Å². The lowest BCUT2D eigenvalue weighted by atomic mass is 9.87. The number of nitrogens with zero attached hydrogens (tertiary/aromatic N) is 5. The van der Waals surface area contributed by atoms with Crippen molar-refractivity contribution < 1.29 is 4.74 Å². The lowest BCUT2D eigenvalue weighted by molar-refractivity contribution is -0.0282. The van der Waals surface area contributed by atoms with Crippen LogP contribution in [-0.4, -0.2) is 82.3 Å². The van der Waals surface area contributed by atoms with E-state index in [1.165, 1.54) is 70.0 Å². The predicted octanol–water partition coefficient (Wildman–Crippen LogP) is 4.45. The topological polar surface area (TPSA) is 44.7 Å². The third-order valence-electron chi connectivity index (χ3n) is 8.76. The van der Waals surface area contributed by atoms with E-state index in [9.17, 15) is 0 Å². The van der Waals surface area contributed by atoms with Gasteiger partial charge in [-0.2, -0.15) is 0 Å². The van der Waals surface area contributed by atoms with Gasteiger partial charge in [-0.05, 0) is 104 Å². The van der Waals surface area contributed by atoms with Gasteiger partial charge in [0.2, 0.25) is 5.95 Å². The Morgan fingerprint density at radius 3 is 1.91 bits per heavy atom. The van der Waals surface area contributed by atoms with Gasteiger partial charge in [-0.25, -0.2) is 9.97 Å². The molecule has 3 saturated heterocycles. The van der Waals surface area contributed by atoms with Gasteiger partial charge in [-0.1, -0.05) is 0 Å². The number of ether oxygens (including phenoxy) is 1. The zero-order valence-corrected chi connectivity index (χ0v) is 21.3. The molecule has 1 saturated carbocycles. The molecule has 0 radical (unpaired) electrons. The van der Waals surface area contributed by atoms with Crippen molar-refractivity contribution >= 4 is 5.95 Å². The zero-order chi connectivity index (χ0) is 22.9. The molecule has 2 unspecified atom stereocenters. The molecule has 33 heavy (non-hydrogen) atoms. The lowest BCUT2D eigenvalue weighted by Crippen LogP contribution is -2.56. The van der Waals surface area contributed by atoms with Crippen molar-refractivity contribution in [2.45, 2.75) is 121 Å². The Hall–Kier alpha value is -1.24. The molecule has 4 fully saturated rings. The largest absolute Gasteiger partial charge is 0.376 e. The van der Waals surface area contributed by atoms with E-state index in [-0.39, 0.29) is 0 Å². The number of aromatic nitrogens is 2. The maximum absolute atomic E-state index is 6.05. The highest BCUT2D eigenvalue weighted by Gasteiger charge is 2.41. The predicted molar refractivity (Wildman–Crippen MR) is 134 cm³/mol. The number of rotatable bonds is 6. The van der Waals surface area contributed by atoms with Gasteiger partial charge in [0.25, 0.3) is 0 Å². The van der Waals surface area contributed by atoms with Crippen molar-refractivity contribution in [3.63, 3.8) is 0 Å². The second kappa shape index (κ2) is 10.2. The van der Waals surface area contributed by atoms with Gasteiger partial charge in [0.1, 0.15) is 0 Å². The van der Waals surface area contributed by atoms with Crippen LogP contribution in [-0.2, 0) is 4.74 Å². The molecule has 4 aliphatic rings. The molecule has 0 spiro atoms. The number of hydrogen-bond acceptors (Lipinski definition) is 6. The van der Waals surface area contributed by atoms with Crippen molar-refractivity contribution in [1.82, 2.24) is 19.8 Å². The van der Waals surface area contributed by atoms with E-state index in [1.807, 2.05) is 0 Å². The van der Waals surface area contributed by atoms with Crippen LogP contribution in [0, 0.1) is 0 Å². The van der Waals surface area contributed by atoms with Crippen LogP contribution in [0.25, 0.3) is 0 Å². The van der Waals surface area contributed by atoms with Crippen LogP contribution in [0.5, 0.6) is 0 Å². The molecule has 1 aliphatic carbocycles. The number of piperidine rings is 1. The van der Waals surface area contributed by atoms with Crippen LogP contribution >= 0.6 is 0 Å². The van der Waals surface area contributed by atoms with Crippen LogP contribution in [0.4, 0.5) is 5.95 Å². The number of piperazine rings is 1. The summed E-state index contributed by atoms with van der Waals surface area (Å²) in [6, 6.07) is 2.56. The molecule has 6 heteroatoms. The fraction of sp³-hybridized carbons (Fsp3) is 0.852. The Bertz CT molecular complexity index is 738. The molecular formula is C27H45N5O. The molecule has 4 heterocycles. The van der Waals surface area contributed by atoms with Crippen LogP contribution in [0.2, 0.25) is 0 Å². The smallest absolute Gasteiger partial charge is 0.225 e. The van der Waals surface area contributed by atoms with E-state index < -0.39 is 0 Å². The molecule has 5 rings (SSSR count). The molecule has 2 atom stereocenters. The highest BCUT2D eigenvalue weighted by molar-refractivity contribution is 5.38. The summed E-state index contributed by atoms with van der Waals surface area (Å²) in [6.45, 7) is 13.7. The fourth-order valence-corrected chi connectivity index (χ4v) is 6.89. The molecule has 184 valence electrons. The molecule has 0 N–H and O–H groups in total. The summed E-state index contributed by atoms with van der Waals surface area (Å²) in [5, 5.41) is 0. The van der Waals surface area contributed by atoms with Crippen molar-refractivity contribution in [2.24, 2.45) is 0 Å². The maximum atomic E-state index is 6.05. The van der Waals surface area contributed by atoms with Gasteiger partial charge >= 0.3 is 0 Å². The van der Waals surface area contributed by atoms with Crippen molar-refractivity contribution in [3.05, 3.63) is 18.0 Å². The average molecular weight is 456 g/mol. The summed E-state index contributed by atoms with van der Waals surface area (Å²) >= 11 is 0. The highest BCUT2D eigenvalue weighted by atomic mass is 16.5. The summed E-state index contributed by atoms with van der Waals surface area (Å²) in [5.41, 5.74) is 1.35. The second-order valence-electron chi connectivity index (χ2n) is 11.6. The minimum atomic E-state index is 0.357. The summed E-state index contributed by atoms with van der Waals surface area (Å²) in [4.78, 5) is 17.7. The average Bonchev–Trinajstić information content (AvgIpc) is 3.08. The summed E-state index contributed by atoms with van der Waals surface area (Å²) < 4.78 is 6.05. The van der Waals surface area contributed by atoms with Gasteiger partial charge in [0.05, 0.1) is 12.2 Å². The van der Waals surface area contributed by atoms with Gasteiger partial charge in [0, 0.05) is 49.7 Å². The van der Waals surface area contributed by atoms with E-state index in [1.54, 1.807) is 0 Å². The minimum absolute atomic E-state index is 0.357. The third-order valence-corrected chi connectivity index (χ3v) is 8.76. The second-order valence-corrected chi connectivity index (χ2v) is 11.6. The molecule has 0 aromatic carbocycles. The molecule has 3 aliphatic heterocycles. The summed E-state index contributed by atoms with van der Waals surface area (Å²) in [6.07, 6.45) is 15.2.